The minimum Gasteiger partial charge on any atom is -0.493 e. The van der Waals surface area contributed by atoms with Gasteiger partial charge < -0.3 is 19.7 Å². The molecule has 1 aliphatic rings. The molecule has 1 aliphatic heterocycles. The molecule has 1 fully saturated rings. The number of nitro groups is 1. The molecule has 1 aromatic carbocycles. The summed E-state index contributed by atoms with van der Waals surface area (Å²) >= 11 is 0. The largest absolute Gasteiger partial charge is 0.493 e. The summed E-state index contributed by atoms with van der Waals surface area (Å²) in [5.41, 5.74) is -0.255. The number of piperazine rings is 1. The average molecular weight is 323 g/mol. The van der Waals surface area contributed by atoms with Crippen LogP contribution in [0.3, 0.4) is 0 Å². The molecule has 1 atom stereocenters. The Morgan fingerprint density at radius 1 is 1.48 bits per heavy atom. The van der Waals surface area contributed by atoms with Crippen LogP contribution in [-0.4, -0.2) is 55.1 Å². The molecular weight excluding hydrogens is 302 g/mol. The zero-order valence-corrected chi connectivity index (χ0v) is 13.5. The maximum absolute atomic E-state index is 12.7. The van der Waals surface area contributed by atoms with Crippen molar-refractivity contribution in [1.29, 1.82) is 0 Å². The molecule has 1 amide bonds. The topological polar surface area (TPSA) is 93.9 Å². The van der Waals surface area contributed by atoms with Crippen LogP contribution in [0.15, 0.2) is 12.1 Å². The van der Waals surface area contributed by atoms with Gasteiger partial charge in [0.05, 0.1) is 24.7 Å². The monoisotopic (exact) mass is 323 g/mol. The Bertz CT molecular complexity index is 605. The van der Waals surface area contributed by atoms with Crippen LogP contribution in [0.25, 0.3) is 0 Å². The van der Waals surface area contributed by atoms with Crippen LogP contribution in [0, 0.1) is 10.1 Å². The van der Waals surface area contributed by atoms with E-state index in [0.29, 0.717) is 32.0 Å². The number of benzene rings is 1. The second-order valence-electron chi connectivity index (χ2n) is 5.32. The maximum atomic E-state index is 12.7. The second kappa shape index (κ2) is 7.28. The second-order valence-corrected chi connectivity index (χ2v) is 5.32. The molecule has 2 rings (SSSR count). The first-order valence-corrected chi connectivity index (χ1v) is 7.49. The van der Waals surface area contributed by atoms with Crippen molar-refractivity contribution >= 4 is 11.6 Å². The van der Waals surface area contributed by atoms with Crippen LogP contribution in [0.5, 0.6) is 11.5 Å². The number of carbonyl (C=O) groups excluding carboxylic acids is 1. The molecule has 23 heavy (non-hydrogen) atoms. The zero-order valence-electron chi connectivity index (χ0n) is 13.5. The van der Waals surface area contributed by atoms with E-state index in [0.717, 1.165) is 0 Å². The number of hydrogen-bond acceptors (Lipinski definition) is 6. The molecule has 0 aliphatic carbocycles. The van der Waals surface area contributed by atoms with E-state index in [1.54, 1.807) is 11.8 Å². The van der Waals surface area contributed by atoms with E-state index in [-0.39, 0.29) is 28.9 Å². The third-order valence-electron chi connectivity index (χ3n) is 3.66. The quantitative estimate of drug-likeness (QED) is 0.651. The highest BCUT2D eigenvalue weighted by molar-refractivity contribution is 5.99. The lowest BCUT2D eigenvalue weighted by Crippen LogP contribution is -2.51. The number of nitrogens with one attached hydrogen (secondary N) is 1. The molecule has 126 valence electrons. The van der Waals surface area contributed by atoms with Gasteiger partial charge in [0.1, 0.15) is 5.56 Å². The number of rotatable bonds is 5. The number of amides is 1. The summed E-state index contributed by atoms with van der Waals surface area (Å²) in [6.45, 7) is 5.76. The standard InChI is InChI=1S/C15H21N3O5/c1-4-23-14-8-12(18(20)21)11(7-13(14)22-3)15(19)17-6-5-16-10(2)9-17/h7-8,10,16H,4-6,9H2,1-3H3. The molecule has 8 heteroatoms. The van der Waals surface area contributed by atoms with Crippen molar-refractivity contribution in [1.82, 2.24) is 10.2 Å². The molecule has 1 unspecified atom stereocenters. The molecule has 1 heterocycles. The van der Waals surface area contributed by atoms with E-state index < -0.39 is 4.92 Å². The molecule has 0 spiro atoms. The molecule has 0 aromatic heterocycles. The van der Waals surface area contributed by atoms with Gasteiger partial charge in [0.25, 0.3) is 11.6 Å². The number of methoxy groups -OCH3 is 1. The van der Waals surface area contributed by atoms with E-state index in [1.165, 1.54) is 19.2 Å². The van der Waals surface area contributed by atoms with Gasteiger partial charge in [-0.25, -0.2) is 0 Å². The lowest BCUT2D eigenvalue weighted by molar-refractivity contribution is -0.385. The van der Waals surface area contributed by atoms with Crippen LogP contribution in [0.1, 0.15) is 24.2 Å². The highest BCUT2D eigenvalue weighted by Gasteiger charge is 2.29. The van der Waals surface area contributed by atoms with Crippen molar-refractivity contribution in [2.45, 2.75) is 19.9 Å². The van der Waals surface area contributed by atoms with E-state index in [9.17, 15) is 14.9 Å². The van der Waals surface area contributed by atoms with Crippen LogP contribution in [0.4, 0.5) is 5.69 Å². The fourth-order valence-corrected chi connectivity index (χ4v) is 2.59. The van der Waals surface area contributed by atoms with Gasteiger partial charge in [-0.2, -0.15) is 0 Å². The predicted molar refractivity (Wildman–Crippen MR) is 84.2 cm³/mol. The Morgan fingerprint density at radius 2 is 2.22 bits per heavy atom. The molecule has 1 saturated heterocycles. The maximum Gasteiger partial charge on any atom is 0.286 e. The van der Waals surface area contributed by atoms with Gasteiger partial charge in [-0.05, 0) is 13.8 Å². The summed E-state index contributed by atoms with van der Waals surface area (Å²) < 4.78 is 10.6. The lowest BCUT2D eigenvalue weighted by Gasteiger charge is -2.31. The molecule has 1 N–H and O–H groups in total. The molecule has 1 aromatic rings. The smallest absolute Gasteiger partial charge is 0.286 e. The lowest BCUT2D eigenvalue weighted by atomic mass is 10.1. The normalized spacial score (nSPS) is 17.7. The third kappa shape index (κ3) is 3.70. The first-order chi connectivity index (χ1) is 11.0. The first kappa shape index (κ1) is 17.0. The van der Waals surface area contributed by atoms with Crippen LogP contribution < -0.4 is 14.8 Å². The fraction of sp³-hybridized carbons (Fsp3) is 0.533. The van der Waals surface area contributed by atoms with E-state index >= 15 is 0 Å². The zero-order chi connectivity index (χ0) is 17.0. The SMILES string of the molecule is CCOc1cc([N+](=O)[O-])c(C(=O)N2CCNC(C)C2)cc1OC. The summed E-state index contributed by atoms with van der Waals surface area (Å²) in [6.07, 6.45) is 0. The van der Waals surface area contributed by atoms with Gasteiger partial charge >= 0.3 is 0 Å². The molecular formula is C15H21N3O5. The minimum atomic E-state index is -0.569. The van der Waals surface area contributed by atoms with Gasteiger partial charge in [0.15, 0.2) is 11.5 Å². The Balaban J connectivity index is 2.42. The van der Waals surface area contributed by atoms with Crippen molar-refractivity contribution in [3.8, 4) is 11.5 Å². The van der Waals surface area contributed by atoms with Crippen molar-refractivity contribution in [3.05, 3.63) is 27.8 Å². The summed E-state index contributed by atoms with van der Waals surface area (Å²) in [5.74, 6) is 0.197. The minimum absolute atomic E-state index is 0.0180. The average Bonchev–Trinajstić information content (AvgIpc) is 2.54. The Morgan fingerprint density at radius 3 is 2.78 bits per heavy atom. The third-order valence-corrected chi connectivity index (χ3v) is 3.66. The summed E-state index contributed by atoms with van der Waals surface area (Å²) in [7, 11) is 1.44. The molecule has 0 bridgehead atoms. The number of nitrogens with zero attached hydrogens (tertiary/aromatic N) is 2. The van der Waals surface area contributed by atoms with Gasteiger partial charge in [-0.3, -0.25) is 14.9 Å². The van der Waals surface area contributed by atoms with E-state index in [2.05, 4.69) is 5.32 Å². The van der Waals surface area contributed by atoms with Gasteiger partial charge in [-0.1, -0.05) is 0 Å². The number of nitro benzene ring substituents is 1. The van der Waals surface area contributed by atoms with Gasteiger partial charge in [0, 0.05) is 31.7 Å². The molecule has 0 saturated carbocycles. The molecule has 0 radical (unpaired) electrons. The summed E-state index contributed by atoms with van der Waals surface area (Å²) in [5, 5.41) is 14.6. The van der Waals surface area contributed by atoms with Crippen molar-refractivity contribution in [2.24, 2.45) is 0 Å². The number of ether oxygens (including phenoxy) is 2. The van der Waals surface area contributed by atoms with Gasteiger partial charge in [0.2, 0.25) is 0 Å². The summed E-state index contributed by atoms with van der Waals surface area (Å²) in [4.78, 5) is 25.1. The van der Waals surface area contributed by atoms with E-state index in [1.807, 2.05) is 6.92 Å². The number of hydrogen-bond donors (Lipinski definition) is 1. The van der Waals surface area contributed by atoms with E-state index in [4.69, 9.17) is 9.47 Å². The predicted octanol–water partition coefficient (Wildman–Crippen LogP) is 1.44. The highest BCUT2D eigenvalue weighted by atomic mass is 16.6. The fourth-order valence-electron chi connectivity index (χ4n) is 2.59. The molecule has 8 nitrogen and oxygen atoms in total. The Hall–Kier alpha value is -2.35. The van der Waals surface area contributed by atoms with Crippen LogP contribution >= 0.6 is 0 Å². The van der Waals surface area contributed by atoms with Gasteiger partial charge in [-0.15, -0.1) is 0 Å². The van der Waals surface area contributed by atoms with Crippen molar-refractivity contribution in [2.75, 3.05) is 33.4 Å². The first-order valence-electron chi connectivity index (χ1n) is 7.49. The van der Waals surface area contributed by atoms with Crippen LogP contribution in [-0.2, 0) is 0 Å². The Kier molecular flexibility index (Phi) is 5.38. The Labute approximate surface area is 134 Å². The highest BCUT2D eigenvalue weighted by Crippen LogP contribution is 2.35. The number of carbonyl (C=O) groups is 1. The van der Waals surface area contributed by atoms with Crippen molar-refractivity contribution in [3.63, 3.8) is 0 Å². The van der Waals surface area contributed by atoms with Crippen LogP contribution in [0.2, 0.25) is 0 Å². The summed E-state index contributed by atoms with van der Waals surface area (Å²) in [6, 6.07) is 2.79. The van der Waals surface area contributed by atoms with Crippen molar-refractivity contribution < 1.29 is 19.2 Å².